The number of benzene rings is 1. The van der Waals surface area contributed by atoms with Crippen LogP contribution in [0.1, 0.15) is 141 Å². The molecule has 3 fully saturated rings. The van der Waals surface area contributed by atoms with E-state index < -0.39 is 0 Å². The fraction of sp³-hybridized carbons (Fsp3) is 0.769. The van der Waals surface area contributed by atoms with Crippen LogP contribution in [0.3, 0.4) is 0 Å². The van der Waals surface area contributed by atoms with Crippen molar-refractivity contribution < 1.29 is 42.9 Å². The maximum absolute atomic E-state index is 12.7. The van der Waals surface area contributed by atoms with E-state index in [2.05, 4.69) is 62.0 Å². The van der Waals surface area contributed by atoms with E-state index in [1.54, 1.807) is 36.9 Å². The van der Waals surface area contributed by atoms with Crippen molar-refractivity contribution >= 4 is 23.8 Å². The van der Waals surface area contributed by atoms with E-state index in [9.17, 15) is 19.2 Å². The first-order valence-electron chi connectivity index (χ1n) is 25.2. The Balaban J connectivity index is 0.809. The summed E-state index contributed by atoms with van der Waals surface area (Å²) in [6.07, 6.45) is 17.5. The lowest BCUT2D eigenvalue weighted by molar-refractivity contribution is -0.126. The molecule has 0 bridgehead atoms. The number of alkyl carbamates (subject to hydrolysis) is 1. The second-order valence-electron chi connectivity index (χ2n) is 20.2. The molecule has 1 aromatic carbocycles. The summed E-state index contributed by atoms with van der Waals surface area (Å²) in [4.78, 5) is 49.1. The molecule has 8 atom stereocenters. The molecular formula is C52H84N4O9. The third-order valence-corrected chi connectivity index (χ3v) is 15.5. The van der Waals surface area contributed by atoms with Gasteiger partial charge in [0.15, 0.2) is 0 Å². The van der Waals surface area contributed by atoms with Gasteiger partial charge in [-0.3, -0.25) is 14.4 Å². The number of nitrogens with one attached hydrogen (secondary N) is 4. The molecule has 0 saturated heterocycles. The quantitative estimate of drug-likeness (QED) is 0.0478. The molecule has 13 heteroatoms. The van der Waals surface area contributed by atoms with Gasteiger partial charge in [0.1, 0.15) is 11.9 Å². The zero-order valence-corrected chi connectivity index (χ0v) is 40.8. The van der Waals surface area contributed by atoms with Crippen LogP contribution in [0.2, 0.25) is 0 Å². The number of rotatable bonds is 28. The van der Waals surface area contributed by atoms with Gasteiger partial charge in [0, 0.05) is 57.6 Å². The summed E-state index contributed by atoms with van der Waals surface area (Å²) < 4.78 is 27.8. The Bertz CT molecular complexity index is 1670. The van der Waals surface area contributed by atoms with E-state index in [0.29, 0.717) is 95.4 Å². The van der Waals surface area contributed by atoms with E-state index >= 15 is 0 Å². The molecular weight excluding hydrogens is 825 g/mol. The van der Waals surface area contributed by atoms with Gasteiger partial charge in [0.05, 0.1) is 40.1 Å². The minimum absolute atomic E-state index is 0.0538. The predicted molar refractivity (Wildman–Crippen MR) is 254 cm³/mol. The van der Waals surface area contributed by atoms with Gasteiger partial charge in [0.2, 0.25) is 11.8 Å². The first-order chi connectivity index (χ1) is 31.3. The van der Waals surface area contributed by atoms with Gasteiger partial charge in [-0.25, -0.2) is 4.79 Å². The molecule has 0 spiro atoms. The highest BCUT2D eigenvalue weighted by atomic mass is 16.6. The highest BCUT2D eigenvalue weighted by Gasteiger charge is 2.59. The van der Waals surface area contributed by atoms with Crippen molar-refractivity contribution in [2.75, 3.05) is 72.9 Å². The predicted octanol–water partition coefficient (Wildman–Crippen LogP) is 8.40. The molecule has 8 unspecified atom stereocenters. The van der Waals surface area contributed by atoms with Crippen LogP contribution < -0.4 is 26.0 Å². The Morgan fingerprint density at radius 2 is 1.35 bits per heavy atom. The SMILES string of the molecule is COc1ccc(C(=O)NCCCNC(=O)CCC(=O)NCCOCCOCCOCCCNC(=O)OC2CCC3(C)C(=CCC4C3CCC3(C)C(C(C)CCCC(C)C)CCC43)C2)cc1. The lowest BCUT2D eigenvalue weighted by Crippen LogP contribution is -2.51. The van der Waals surface area contributed by atoms with Crippen LogP contribution in [0, 0.1) is 46.3 Å². The van der Waals surface area contributed by atoms with Crippen LogP contribution in [-0.2, 0) is 28.5 Å². The van der Waals surface area contributed by atoms with E-state index in [1.807, 2.05) is 0 Å². The number of hydrogen-bond donors (Lipinski definition) is 4. The van der Waals surface area contributed by atoms with Crippen molar-refractivity contribution in [1.29, 1.82) is 0 Å². The summed E-state index contributed by atoms with van der Waals surface area (Å²) in [7, 11) is 1.57. The van der Waals surface area contributed by atoms with E-state index in [1.165, 1.54) is 51.4 Å². The Morgan fingerprint density at radius 3 is 2.06 bits per heavy atom. The number of carbonyl (C=O) groups excluding carboxylic acids is 4. The average Bonchev–Trinajstić information content (AvgIpc) is 3.65. The van der Waals surface area contributed by atoms with E-state index in [4.69, 9.17) is 23.7 Å². The molecule has 4 amide bonds. The minimum Gasteiger partial charge on any atom is -0.497 e. The van der Waals surface area contributed by atoms with Crippen molar-refractivity contribution in [2.24, 2.45) is 46.3 Å². The third kappa shape index (κ3) is 15.7. The summed E-state index contributed by atoms with van der Waals surface area (Å²) in [5.74, 6) is 4.99. The van der Waals surface area contributed by atoms with Crippen LogP contribution in [0.25, 0.3) is 0 Å². The van der Waals surface area contributed by atoms with Gasteiger partial charge in [-0.15, -0.1) is 0 Å². The zero-order valence-electron chi connectivity index (χ0n) is 40.8. The van der Waals surface area contributed by atoms with Crippen molar-refractivity contribution in [3.63, 3.8) is 0 Å². The fourth-order valence-corrected chi connectivity index (χ4v) is 11.9. The van der Waals surface area contributed by atoms with Crippen molar-refractivity contribution in [3.05, 3.63) is 41.5 Å². The molecule has 366 valence electrons. The average molecular weight is 909 g/mol. The number of allylic oxidation sites excluding steroid dienone is 1. The number of amides is 4. The van der Waals surface area contributed by atoms with Crippen molar-refractivity contribution in [3.8, 4) is 5.75 Å². The number of fused-ring (bicyclic) bond motifs is 5. The number of ether oxygens (including phenoxy) is 5. The Kier molecular flexibility index (Phi) is 21.4. The fourth-order valence-electron chi connectivity index (χ4n) is 11.9. The molecule has 4 N–H and O–H groups in total. The minimum atomic E-state index is -0.329. The van der Waals surface area contributed by atoms with Crippen molar-refractivity contribution in [2.45, 2.75) is 137 Å². The lowest BCUT2D eigenvalue weighted by Gasteiger charge is -2.58. The molecule has 0 aromatic heterocycles. The normalized spacial score (nSPS) is 26.2. The molecule has 0 heterocycles. The molecule has 13 nitrogen and oxygen atoms in total. The van der Waals surface area contributed by atoms with E-state index in [-0.39, 0.29) is 48.2 Å². The molecule has 4 aliphatic rings. The summed E-state index contributed by atoms with van der Waals surface area (Å²) >= 11 is 0. The van der Waals surface area contributed by atoms with Crippen LogP contribution in [0.4, 0.5) is 4.79 Å². The maximum atomic E-state index is 12.7. The summed E-state index contributed by atoms with van der Waals surface area (Å²) in [5.41, 5.74) is 2.82. The first kappa shape index (κ1) is 52.3. The lowest BCUT2D eigenvalue weighted by atomic mass is 9.47. The van der Waals surface area contributed by atoms with Gasteiger partial charge < -0.3 is 45.0 Å². The summed E-state index contributed by atoms with van der Waals surface area (Å²) in [6.45, 7) is 16.7. The largest absolute Gasteiger partial charge is 0.497 e. The topological polar surface area (TPSA) is 163 Å². The van der Waals surface area contributed by atoms with Crippen LogP contribution in [0.5, 0.6) is 5.75 Å². The second-order valence-corrected chi connectivity index (χ2v) is 20.2. The molecule has 65 heavy (non-hydrogen) atoms. The zero-order chi connectivity index (χ0) is 46.7. The van der Waals surface area contributed by atoms with Crippen molar-refractivity contribution in [1.82, 2.24) is 21.3 Å². The summed E-state index contributed by atoms with van der Waals surface area (Å²) in [5, 5.41) is 11.3. The van der Waals surface area contributed by atoms with Gasteiger partial charge in [-0.1, -0.05) is 65.5 Å². The highest BCUT2D eigenvalue weighted by molar-refractivity contribution is 5.94. The smallest absolute Gasteiger partial charge is 0.407 e. The monoisotopic (exact) mass is 909 g/mol. The Labute approximate surface area is 390 Å². The first-order valence-corrected chi connectivity index (χ1v) is 25.2. The second kappa shape index (κ2) is 26.6. The Morgan fingerprint density at radius 1 is 0.692 bits per heavy atom. The molecule has 1 aromatic rings. The third-order valence-electron chi connectivity index (χ3n) is 15.5. The van der Waals surface area contributed by atoms with Gasteiger partial charge >= 0.3 is 6.09 Å². The molecule has 5 rings (SSSR count). The maximum Gasteiger partial charge on any atom is 0.407 e. The Hall–Kier alpha value is -3.68. The number of carbonyl (C=O) groups is 4. The molecule has 0 radical (unpaired) electrons. The van der Waals surface area contributed by atoms with Gasteiger partial charge in [-0.2, -0.15) is 0 Å². The van der Waals surface area contributed by atoms with Crippen LogP contribution >= 0.6 is 0 Å². The highest BCUT2D eigenvalue weighted by Crippen LogP contribution is 2.67. The molecule has 0 aliphatic heterocycles. The van der Waals surface area contributed by atoms with Gasteiger partial charge in [-0.05, 0) is 128 Å². The number of hydrogen-bond acceptors (Lipinski definition) is 9. The van der Waals surface area contributed by atoms with Crippen LogP contribution in [0.15, 0.2) is 35.9 Å². The van der Waals surface area contributed by atoms with Gasteiger partial charge in [0.25, 0.3) is 5.91 Å². The number of methoxy groups -OCH3 is 1. The van der Waals surface area contributed by atoms with E-state index in [0.717, 1.165) is 54.8 Å². The van der Waals surface area contributed by atoms with Crippen LogP contribution in [-0.4, -0.2) is 103 Å². The summed E-state index contributed by atoms with van der Waals surface area (Å²) in [6, 6.07) is 6.83. The standard InChI is InChI=1S/C52H84N4O9/c1-37(2)10-7-11-38(3)44-18-19-45-43-17-14-40-36-42(22-24-51(40,4)46(43)23-25-52(44,45)5)65-50(60)56-28-9-30-62-32-34-64-35-33-63-31-29-54-48(58)21-20-47(57)53-26-8-27-55-49(59)39-12-15-41(61-6)16-13-39/h12-16,37-38,42-46H,7-11,17-36H2,1-6H3,(H,53,57)(H,54,58)(H,55,59)(H,56,60). The molecule has 4 aliphatic carbocycles. The molecule has 3 saturated carbocycles.